The maximum atomic E-state index is 3.56. The summed E-state index contributed by atoms with van der Waals surface area (Å²) < 4.78 is 1.20. The molecule has 0 amide bonds. The van der Waals surface area contributed by atoms with Gasteiger partial charge >= 0.3 is 0 Å². The zero-order valence-electron chi connectivity index (χ0n) is 10.2. The second-order valence-electron chi connectivity index (χ2n) is 4.81. The molecule has 0 bridgehead atoms. The van der Waals surface area contributed by atoms with Crippen LogP contribution in [0.5, 0.6) is 0 Å². The Morgan fingerprint density at radius 1 is 1.25 bits per heavy atom. The summed E-state index contributed by atoms with van der Waals surface area (Å²) in [5.41, 5.74) is 0.234. The molecule has 0 heterocycles. The van der Waals surface area contributed by atoms with Crippen LogP contribution in [0.2, 0.25) is 0 Å². The average Bonchev–Trinajstić information content (AvgIpc) is 2.18. The minimum Gasteiger partial charge on any atom is -0.312 e. The van der Waals surface area contributed by atoms with Crippen molar-refractivity contribution < 1.29 is 0 Å². The summed E-state index contributed by atoms with van der Waals surface area (Å²) >= 11 is 5.47. The Labute approximate surface area is 112 Å². The van der Waals surface area contributed by atoms with Gasteiger partial charge in [0.2, 0.25) is 0 Å². The van der Waals surface area contributed by atoms with E-state index in [1.807, 2.05) is 11.8 Å². The van der Waals surface area contributed by atoms with Gasteiger partial charge in [-0.1, -0.05) is 12.1 Å². The first-order valence-electron chi connectivity index (χ1n) is 5.61. The lowest BCUT2D eigenvalue weighted by Gasteiger charge is -2.20. The zero-order valence-corrected chi connectivity index (χ0v) is 12.6. The number of thioether (sulfide) groups is 1. The van der Waals surface area contributed by atoms with Crippen LogP contribution in [0.1, 0.15) is 27.2 Å². The molecule has 0 aliphatic heterocycles. The van der Waals surface area contributed by atoms with Crippen molar-refractivity contribution in [1.82, 2.24) is 5.32 Å². The molecule has 1 N–H and O–H groups in total. The number of halogens is 1. The van der Waals surface area contributed by atoms with Gasteiger partial charge in [0.25, 0.3) is 0 Å². The van der Waals surface area contributed by atoms with Crippen molar-refractivity contribution in [3.8, 4) is 0 Å². The first kappa shape index (κ1) is 14.1. The summed E-state index contributed by atoms with van der Waals surface area (Å²) in [5.74, 6) is 1.16. The fourth-order valence-corrected chi connectivity index (χ4v) is 2.80. The molecule has 0 saturated heterocycles. The van der Waals surface area contributed by atoms with E-state index in [1.54, 1.807) is 0 Å². The lowest BCUT2D eigenvalue weighted by atomic mass is 10.1. The fraction of sp³-hybridized carbons (Fsp3) is 0.538. The molecule has 1 nitrogen and oxygen atoms in total. The molecule has 3 heteroatoms. The molecular formula is C13H20BrNS. The Bertz CT molecular complexity index is 320. The van der Waals surface area contributed by atoms with E-state index < -0.39 is 0 Å². The lowest BCUT2D eigenvalue weighted by Crippen LogP contribution is -2.36. The highest BCUT2D eigenvalue weighted by Gasteiger charge is 2.07. The van der Waals surface area contributed by atoms with Gasteiger partial charge in [0.05, 0.1) is 0 Å². The third-order valence-corrected chi connectivity index (χ3v) is 4.18. The predicted molar refractivity (Wildman–Crippen MR) is 77.2 cm³/mol. The zero-order chi connectivity index (χ0) is 12.0. The standard InChI is InChI=1S/C13H20BrNS/c1-13(2,3)15-9-6-10-16-12-8-5-4-7-11(12)14/h4-5,7-8,15H,6,9-10H2,1-3H3. The van der Waals surface area contributed by atoms with E-state index in [0.29, 0.717) is 0 Å². The molecule has 0 radical (unpaired) electrons. The SMILES string of the molecule is CC(C)(C)NCCCSc1ccccc1Br. The molecule has 0 aliphatic rings. The summed E-state index contributed by atoms with van der Waals surface area (Å²) in [6.07, 6.45) is 1.20. The first-order chi connectivity index (χ1) is 7.49. The number of benzene rings is 1. The van der Waals surface area contributed by atoms with Crippen molar-refractivity contribution in [2.24, 2.45) is 0 Å². The number of hydrogen-bond donors (Lipinski definition) is 1. The molecular weight excluding hydrogens is 282 g/mol. The van der Waals surface area contributed by atoms with Crippen molar-refractivity contribution in [3.05, 3.63) is 28.7 Å². The maximum Gasteiger partial charge on any atom is 0.0311 e. The Morgan fingerprint density at radius 2 is 1.94 bits per heavy atom. The average molecular weight is 302 g/mol. The molecule has 0 fully saturated rings. The van der Waals surface area contributed by atoms with Crippen LogP contribution in [0, 0.1) is 0 Å². The van der Waals surface area contributed by atoms with E-state index in [4.69, 9.17) is 0 Å². The van der Waals surface area contributed by atoms with Gasteiger partial charge in [-0.3, -0.25) is 0 Å². The second kappa shape index (κ2) is 6.67. The van der Waals surface area contributed by atoms with E-state index in [9.17, 15) is 0 Å². The molecule has 90 valence electrons. The number of nitrogens with one attached hydrogen (secondary N) is 1. The van der Waals surface area contributed by atoms with Crippen LogP contribution in [-0.2, 0) is 0 Å². The minimum absolute atomic E-state index is 0.234. The van der Waals surface area contributed by atoms with Crippen LogP contribution in [-0.4, -0.2) is 17.8 Å². The predicted octanol–water partition coefficient (Wildman–Crippen LogP) is 4.32. The molecule has 16 heavy (non-hydrogen) atoms. The quantitative estimate of drug-likeness (QED) is 0.642. The van der Waals surface area contributed by atoms with Crippen LogP contribution < -0.4 is 5.32 Å². The smallest absolute Gasteiger partial charge is 0.0311 e. The van der Waals surface area contributed by atoms with Gasteiger partial charge in [-0.15, -0.1) is 11.8 Å². The number of hydrogen-bond acceptors (Lipinski definition) is 2. The third-order valence-electron chi connectivity index (χ3n) is 2.07. The Kier molecular flexibility index (Phi) is 5.87. The van der Waals surface area contributed by atoms with Gasteiger partial charge in [0, 0.05) is 14.9 Å². The fourth-order valence-electron chi connectivity index (χ4n) is 1.28. The van der Waals surface area contributed by atoms with Crippen LogP contribution in [0.3, 0.4) is 0 Å². The summed E-state index contributed by atoms with van der Waals surface area (Å²) in [6, 6.07) is 8.39. The van der Waals surface area contributed by atoms with Crippen LogP contribution in [0.25, 0.3) is 0 Å². The first-order valence-corrected chi connectivity index (χ1v) is 7.39. The summed E-state index contributed by atoms with van der Waals surface area (Å²) in [4.78, 5) is 1.33. The van der Waals surface area contributed by atoms with Gasteiger partial charge < -0.3 is 5.32 Å². The highest BCUT2D eigenvalue weighted by Crippen LogP contribution is 2.27. The second-order valence-corrected chi connectivity index (χ2v) is 6.80. The van der Waals surface area contributed by atoms with Crippen molar-refractivity contribution in [3.63, 3.8) is 0 Å². The summed E-state index contributed by atoms with van der Waals surface area (Å²) in [6.45, 7) is 7.69. The molecule has 0 unspecified atom stereocenters. The van der Waals surface area contributed by atoms with Gasteiger partial charge in [-0.2, -0.15) is 0 Å². The van der Waals surface area contributed by atoms with Gasteiger partial charge in [-0.25, -0.2) is 0 Å². The van der Waals surface area contributed by atoms with Crippen molar-refractivity contribution >= 4 is 27.7 Å². The molecule has 0 aliphatic carbocycles. The van der Waals surface area contributed by atoms with Gasteiger partial charge in [0.1, 0.15) is 0 Å². The van der Waals surface area contributed by atoms with E-state index in [2.05, 4.69) is 66.3 Å². The van der Waals surface area contributed by atoms with Crippen LogP contribution >= 0.6 is 27.7 Å². The minimum atomic E-state index is 0.234. The number of rotatable bonds is 5. The molecule has 1 aromatic carbocycles. The van der Waals surface area contributed by atoms with Crippen molar-refractivity contribution in [2.75, 3.05) is 12.3 Å². The van der Waals surface area contributed by atoms with E-state index in [-0.39, 0.29) is 5.54 Å². The van der Waals surface area contributed by atoms with E-state index in [1.165, 1.54) is 15.8 Å². The Hall–Kier alpha value is 0.01000. The Morgan fingerprint density at radius 3 is 2.56 bits per heavy atom. The third kappa shape index (κ3) is 5.92. The van der Waals surface area contributed by atoms with Gasteiger partial charge in [-0.05, 0) is 67.6 Å². The molecule has 0 saturated carbocycles. The van der Waals surface area contributed by atoms with Gasteiger partial charge in [0.15, 0.2) is 0 Å². The van der Waals surface area contributed by atoms with Crippen molar-refractivity contribution in [2.45, 2.75) is 37.6 Å². The van der Waals surface area contributed by atoms with Crippen molar-refractivity contribution in [1.29, 1.82) is 0 Å². The Balaban J connectivity index is 2.19. The summed E-state index contributed by atoms with van der Waals surface area (Å²) in [5, 5.41) is 3.50. The normalized spacial score (nSPS) is 11.8. The monoisotopic (exact) mass is 301 g/mol. The summed E-state index contributed by atoms with van der Waals surface area (Å²) in [7, 11) is 0. The van der Waals surface area contributed by atoms with E-state index >= 15 is 0 Å². The van der Waals surface area contributed by atoms with E-state index in [0.717, 1.165) is 12.3 Å². The van der Waals surface area contributed by atoms with Crippen LogP contribution in [0.15, 0.2) is 33.6 Å². The molecule has 0 atom stereocenters. The largest absolute Gasteiger partial charge is 0.312 e. The topological polar surface area (TPSA) is 12.0 Å². The highest BCUT2D eigenvalue weighted by molar-refractivity contribution is 9.10. The molecule has 1 aromatic rings. The molecule has 0 spiro atoms. The maximum absolute atomic E-state index is 3.56. The highest BCUT2D eigenvalue weighted by atomic mass is 79.9. The lowest BCUT2D eigenvalue weighted by molar-refractivity contribution is 0.427. The molecule has 1 rings (SSSR count). The van der Waals surface area contributed by atoms with Crippen LogP contribution in [0.4, 0.5) is 0 Å². The molecule has 0 aromatic heterocycles.